The summed E-state index contributed by atoms with van der Waals surface area (Å²) in [5.41, 5.74) is 6.17. The highest BCUT2D eigenvalue weighted by molar-refractivity contribution is 5.59. The number of fused-ring (bicyclic) bond motifs is 1. The van der Waals surface area contributed by atoms with Gasteiger partial charge in [0, 0.05) is 5.56 Å². The fraction of sp³-hybridized carbons (Fsp3) is 0.167. The van der Waals surface area contributed by atoms with Gasteiger partial charge in [0.2, 0.25) is 5.95 Å². The number of nitrogen functional groups attached to an aromatic ring is 1. The van der Waals surface area contributed by atoms with E-state index in [1.807, 2.05) is 6.92 Å². The number of aromatic nitrogens is 5. The summed E-state index contributed by atoms with van der Waals surface area (Å²) >= 11 is 0. The number of aromatic amines is 1. The molecule has 2 heterocycles. The van der Waals surface area contributed by atoms with E-state index in [1.165, 1.54) is 4.52 Å². The minimum absolute atomic E-state index is 0.114. The minimum Gasteiger partial charge on any atom is -0.494 e. The summed E-state index contributed by atoms with van der Waals surface area (Å²) in [4.78, 5) is 14.6. The Morgan fingerprint density at radius 2 is 2.05 bits per heavy atom. The first kappa shape index (κ1) is 12.2. The molecule has 0 radical (unpaired) electrons. The lowest BCUT2D eigenvalue weighted by atomic mass is 10.1. The van der Waals surface area contributed by atoms with Crippen LogP contribution in [0.2, 0.25) is 0 Å². The van der Waals surface area contributed by atoms with E-state index in [-0.39, 0.29) is 23.0 Å². The normalized spacial score (nSPS) is 10.8. The fourth-order valence-electron chi connectivity index (χ4n) is 1.84. The van der Waals surface area contributed by atoms with E-state index in [4.69, 9.17) is 10.5 Å². The average Bonchev–Trinajstić information content (AvgIpc) is 2.80. The summed E-state index contributed by atoms with van der Waals surface area (Å²) in [6, 6.07) is 7.07. The molecule has 3 N–H and O–H groups in total. The van der Waals surface area contributed by atoms with Crippen molar-refractivity contribution in [1.82, 2.24) is 24.8 Å². The van der Waals surface area contributed by atoms with Crippen molar-refractivity contribution in [2.45, 2.75) is 6.92 Å². The smallest absolute Gasteiger partial charge is 0.279 e. The van der Waals surface area contributed by atoms with Crippen molar-refractivity contribution < 1.29 is 4.74 Å². The maximum atomic E-state index is 12.0. The van der Waals surface area contributed by atoms with Crippen LogP contribution in [0.5, 0.6) is 5.75 Å². The van der Waals surface area contributed by atoms with Gasteiger partial charge in [-0.15, -0.1) is 10.2 Å². The minimum atomic E-state index is -0.353. The SMILES string of the molecule is CCOc1ccc(-c2nn3c(N)nnc3[nH]c2=O)cc1. The molecule has 102 valence electrons. The van der Waals surface area contributed by atoms with Crippen molar-refractivity contribution in [3.05, 3.63) is 34.6 Å². The summed E-state index contributed by atoms with van der Waals surface area (Å²) in [6.07, 6.45) is 0. The van der Waals surface area contributed by atoms with Crippen LogP contribution < -0.4 is 16.0 Å². The van der Waals surface area contributed by atoms with Gasteiger partial charge in [-0.2, -0.15) is 9.61 Å². The number of rotatable bonds is 3. The number of nitrogens with zero attached hydrogens (tertiary/aromatic N) is 4. The van der Waals surface area contributed by atoms with Gasteiger partial charge in [0.25, 0.3) is 11.3 Å². The second-order valence-corrected chi connectivity index (χ2v) is 4.05. The van der Waals surface area contributed by atoms with Crippen LogP contribution in [0.4, 0.5) is 5.95 Å². The Labute approximate surface area is 113 Å². The molecule has 0 saturated heterocycles. The molecule has 0 bridgehead atoms. The molecule has 2 aromatic heterocycles. The highest BCUT2D eigenvalue weighted by Gasteiger charge is 2.11. The molecular formula is C12H12N6O2. The van der Waals surface area contributed by atoms with E-state index in [1.54, 1.807) is 24.3 Å². The Kier molecular flexibility index (Phi) is 2.82. The van der Waals surface area contributed by atoms with Crippen molar-refractivity contribution in [2.24, 2.45) is 0 Å². The zero-order chi connectivity index (χ0) is 14.1. The second kappa shape index (κ2) is 4.65. The predicted molar refractivity (Wildman–Crippen MR) is 72.4 cm³/mol. The number of hydrogen-bond acceptors (Lipinski definition) is 6. The van der Waals surface area contributed by atoms with Crippen molar-refractivity contribution >= 4 is 11.7 Å². The van der Waals surface area contributed by atoms with E-state index in [0.717, 1.165) is 5.75 Å². The van der Waals surface area contributed by atoms with Crippen LogP contribution in [0.25, 0.3) is 17.0 Å². The first-order valence-electron chi connectivity index (χ1n) is 6.03. The lowest BCUT2D eigenvalue weighted by Gasteiger charge is -2.04. The Morgan fingerprint density at radius 1 is 1.30 bits per heavy atom. The van der Waals surface area contributed by atoms with Crippen LogP contribution in [-0.2, 0) is 0 Å². The van der Waals surface area contributed by atoms with Gasteiger partial charge in [-0.25, -0.2) is 0 Å². The number of ether oxygens (including phenoxy) is 1. The Bertz CT molecular complexity index is 805. The quantitative estimate of drug-likeness (QED) is 0.716. The van der Waals surface area contributed by atoms with E-state index in [9.17, 15) is 4.79 Å². The van der Waals surface area contributed by atoms with Gasteiger partial charge in [0.05, 0.1) is 6.61 Å². The van der Waals surface area contributed by atoms with Crippen molar-refractivity contribution in [1.29, 1.82) is 0 Å². The zero-order valence-electron chi connectivity index (χ0n) is 10.7. The summed E-state index contributed by atoms with van der Waals surface area (Å²) in [5.74, 6) is 1.06. The second-order valence-electron chi connectivity index (χ2n) is 4.05. The molecule has 0 unspecified atom stereocenters. The molecule has 0 aliphatic carbocycles. The molecule has 8 nitrogen and oxygen atoms in total. The molecule has 20 heavy (non-hydrogen) atoms. The number of anilines is 1. The first-order valence-corrected chi connectivity index (χ1v) is 6.03. The fourth-order valence-corrected chi connectivity index (χ4v) is 1.84. The lowest BCUT2D eigenvalue weighted by molar-refractivity contribution is 0.340. The largest absolute Gasteiger partial charge is 0.494 e. The van der Waals surface area contributed by atoms with Crippen LogP contribution in [0.3, 0.4) is 0 Å². The summed E-state index contributed by atoms with van der Waals surface area (Å²) in [6.45, 7) is 2.49. The lowest BCUT2D eigenvalue weighted by Crippen LogP contribution is -2.15. The van der Waals surface area contributed by atoms with Gasteiger partial charge >= 0.3 is 0 Å². The molecule has 0 aliphatic heterocycles. The van der Waals surface area contributed by atoms with Crippen LogP contribution in [-0.4, -0.2) is 31.4 Å². The van der Waals surface area contributed by atoms with Gasteiger partial charge in [-0.1, -0.05) is 0 Å². The number of H-pyrrole nitrogens is 1. The molecule has 0 spiro atoms. The van der Waals surface area contributed by atoms with Gasteiger partial charge in [0.15, 0.2) is 5.69 Å². The standard InChI is InChI=1S/C12H12N6O2/c1-2-20-8-5-3-7(4-6-8)9-10(19)14-12-16-15-11(13)18(12)17-9/h3-6H,2H2,1H3,(H2,13,15)(H,14,16,19). The molecule has 8 heteroatoms. The molecule has 3 aromatic rings. The van der Waals surface area contributed by atoms with E-state index in [2.05, 4.69) is 20.3 Å². The Balaban J connectivity index is 2.10. The number of nitrogens with two attached hydrogens (primary N) is 1. The van der Waals surface area contributed by atoms with Crippen LogP contribution in [0, 0.1) is 0 Å². The first-order chi connectivity index (χ1) is 9.69. The highest BCUT2D eigenvalue weighted by Crippen LogP contribution is 2.18. The highest BCUT2D eigenvalue weighted by atomic mass is 16.5. The van der Waals surface area contributed by atoms with Crippen LogP contribution >= 0.6 is 0 Å². The molecular weight excluding hydrogens is 260 g/mol. The summed E-state index contributed by atoms with van der Waals surface area (Å²) in [5, 5.41) is 11.5. The molecule has 0 atom stereocenters. The average molecular weight is 272 g/mol. The van der Waals surface area contributed by atoms with Crippen LogP contribution in [0.15, 0.2) is 29.1 Å². The molecule has 0 saturated carbocycles. The molecule has 1 aromatic carbocycles. The third-order valence-electron chi connectivity index (χ3n) is 2.74. The number of benzene rings is 1. The van der Waals surface area contributed by atoms with Gasteiger partial charge in [0.1, 0.15) is 5.75 Å². The molecule has 0 aliphatic rings. The topological polar surface area (TPSA) is 111 Å². The van der Waals surface area contributed by atoms with E-state index < -0.39 is 0 Å². The van der Waals surface area contributed by atoms with E-state index >= 15 is 0 Å². The van der Waals surface area contributed by atoms with Gasteiger partial charge in [-0.05, 0) is 31.2 Å². The zero-order valence-corrected chi connectivity index (χ0v) is 10.7. The summed E-state index contributed by atoms with van der Waals surface area (Å²) < 4.78 is 6.64. The Hall–Kier alpha value is -2.90. The van der Waals surface area contributed by atoms with Crippen molar-refractivity contribution in [2.75, 3.05) is 12.3 Å². The number of hydrogen-bond donors (Lipinski definition) is 2. The van der Waals surface area contributed by atoms with Crippen LogP contribution in [0.1, 0.15) is 6.92 Å². The maximum absolute atomic E-state index is 12.0. The Morgan fingerprint density at radius 3 is 2.75 bits per heavy atom. The molecule has 3 rings (SSSR count). The maximum Gasteiger partial charge on any atom is 0.279 e. The third-order valence-corrected chi connectivity index (χ3v) is 2.74. The van der Waals surface area contributed by atoms with Crippen molar-refractivity contribution in [3.63, 3.8) is 0 Å². The van der Waals surface area contributed by atoms with Gasteiger partial charge in [-0.3, -0.25) is 9.78 Å². The molecule has 0 amide bonds. The van der Waals surface area contributed by atoms with E-state index in [0.29, 0.717) is 12.2 Å². The predicted octanol–water partition coefficient (Wildman–Crippen LogP) is 0.460. The number of nitrogens with one attached hydrogen (secondary N) is 1. The summed E-state index contributed by atoms with van der Waals surface area (Å²) in [7, 11) is 0. The third kappa shape index (κ3) is 1.96. The molecule has 0 fully saturated rings. The monoisotopic (exact) mass is 272 g/mol. The van der Waals surface area contributed by atoms with Crippen molar-refractivity contribution in [3.8, 4) is 17.0 Å². The van der Waals surface area contributed by atoms with Gasteiger partial charge < -0.3 is 10.5 Å².